The SMILES string of the molecule is C=C/C=C\C=C.CC(=O)C(C)C.CCNC. The molecule has 0 bridgehead atoms. The van der Waals surface area contributed by atoms with Crippen molar-refractivity contribution in [2.24, 2.45) is 5.92 Å². The van der Waals surface area contributed by atoms with E-state index in [1.807, 2.05) is 33.0 Å². The van der Waals surface area contributed by atoms with Gasteiger partial charge < -0.3 is 5.32 Å². The molecular formula is C14H27NO. The average molecular weight is 225 g/mol. The first-order chi connectivity index (χ1) is 7.47. The van der Waals surface area contributed by atoms with Crippen molar-refractivity contribution in [3.05, 3.63) is 37.5 Å². The molecule has 0 aromatic heterocycles. The van der Waals surface area contributed by atoms with Crippen molar-refractivity contribution >= 4 is 5.78 Å². The lowest BCUT2D eigenvalue weighted by Gasteiger charge is -1.90. The maximum absolute atomic E-state index is 10.1. The molecule has 2 heteroatoms. The number of carbonyl (C=O) groups excluding carboxylic acids is 1. The molecule has 0 aliphatic carbocycles. The highest BCUT2D eigenvalue weighted by Crippen LogP contribution is 1.89. The monoisotopic (exact) mass is 225 g/mol. The van der Waals surface area contributed by atoms with Gasteiger partial charge >= 0.3 is 0 Å². The number of ketones is 1. The number of carbonyl (C=O) groups is 1. The maximum atomic E-state index is 10.1. The van der Waals surface area contributed by atoms with Crippen molar-refractivity contribution in [2.45, 2.75) is 27.7 Å². The Bertz CT molecular complexity index is 181. The fourth-order valence-corrected chi connectivity index (χ4v) is 0.157. The van der Waals surface area contributed by atoms with Crippen LogP contribution >= 0.6 is 0 Å². The third-order valence-corrected chi connectivity index (χ3v) is 1.55. The van der Waals surface area contributed by atoms with Crippen LogP contribution < -0.4 is 5.32 Å². The minimum Gasteiger partial charge on any atom is -0.320 e. The Morgan fingerprint density at radius 1 is 1.25 bits per heavy atom. The molecule has 94 valence electrons. The zero-order chi connectivity index (χ0) is 13.4. The Labute approximate surface area is 101 Å². The summed E-state index contributed by atoms with van der Waals surface area (Å²) in [4.78, 5) is 10.1. The van der Waals surface area contributed by atoms with E-state index in [1.54, 1.807) is 19.1 Å². The molecule has 0 atom stereocenters. The standard InChI is InChI=1S/C6H8.C5H10O.C3H9N/c1-3-5-6-4-2;1-4(2)5(3)6;1-3-4-2/h3-6H,1-2H2;4H,1-3H3;4H,3H2,1-2H3/b6-5-;;. The van der Waals surface area contributed by atoms with E-state index in [2.05, 4.69) is 25.4 Å². The van der Waals surface area contributed by atoms with Crippen molar-refractivity contribution < 1.29 is 4.79 Å². The first kappa shape index (κ1) is 20.3. The molecule has 0 amide bonds. The molecule has 16 heavy (non-hydrogen) atoms. The molecule has 0 aliphatic rings. The van der Waals surface area contributed by atoms with Gasteiger partial charge in [-0.25, -0.2) is 0 Å². The summed E-state index contributed by atoms with van der Waals surface area (Å²) in [6.45, 7) is 15.5. The Morgan fingerprint density at radius 3 is 1.56 bits per heavy atom. The Balaban J connectivity index is -0.000000162. The van der Waals surface area contributed by atoms with Gasteiger partial charge in [0.25, 0.3) is 0 Å². The van der Waals surface area contributed by atoms with Crippen molar-refractivity contribution in [1.29, 1.82) is 0 Å². The van der Waals surface area contributed by atoms with E-state index in [0.717, 1.165) is 6.54 Å². The van der Waals surface area contributed by atoms with Crippen LogP contribution in [0, 0.1) is 5.92 Å². The fraction of sp³-hybridized carbons (Fsp3) is 0.500. The molecule has 0 saturated heterocycles. The van der Waals surface area contributed by atoms with Gasteiger partial charge in [-0.2, -0.15) is 0 Å². The van der Waals surface area contributed by atoms with Crippen LogP contribution in [0.4, 0.5) is 0 Å². The molecule has 0 spiro atoms. The van der Waals surface area contributed by atoms with Crippen LogP contribution in [0.15, 0.2) is 37.5 Å². The van der Waals surface area contributed by atoms with E-state index < -0.39 is 0 Å². The zero-order valence-electron chi connectivity index (χ0n) is 11.4. The second-order valence-electron chi connectivity index (χ2n) is 3.33. The van der Waals surface area contributed by atoms with Crippen molar-refractivity contribution in [3.63, 3.8) is 0 Å². The number of Topliss-reactive ketones (excluding diaryl/α,β-unsaturated/α-hetero) is 1. The minimum absolute atomic E-state index is 0.213. The predicted octanol–water partition coefficient (Wildman–Crippen LogP) is 3.37. The molecule has 1 N–H and O–H groups in total. The number of allylic oxidation sites excluding steroid dienone is 4. The lowest BCUT2D eigenvalue weighted by atomic mass is 10.1. The summed E-state index contributed by atoms with van der Waals surface area (Å²) in [6, 6.07) is 0. The van der Waals surface area contributed by atoms with E-state index in [0.29, 0.717) is 0 Å². The van der Waals surface area contributed by atoms with Crippen molar-refractivity contribution in [3.8, 4) is 0 Å². The van der Waals surface area contributed by atoms with Crippen LogP contribution in [0.1, 0.15) is 27.7 Å². The van der Waals surface area contributed by atoms with Gasteiger partial charge in [0.15, 0.2) is 0 Å². The Morgan fingerprint density at radius 2 is 1.50 bits per heavy atom. The molecule has 0 unspecified atom stereocenters. The summed E-state index contributed by atoms with van der Waals surface area (Å²) in [5, 5.41) is 2.93. The summed E-state index contributed by atoms with van der Waals surface area (Å²) < 4.78 is 0. The molecular weight excluding hydrogens is 198 g/mol. The molecule has 0 aliphatic heterocycles. The lowest BCUT2D eigenvalue weighted by molar-refractivity contribution is -0.119. The summed E-state index contributed by atoms with van der Waals surface area (Å²) in [7, 11) is 1.93. The quantitative estimate of drug-likeness (QED) is 0.743. The fourth-order valence-electron chi connectivity index (χ4n) is 0.157. The minimum atomic E-state index is 0.213. The molecule has 0 saturated carbocycles. The van der Waals surface area contributed by atoms with Crippen LogP contribution in [-0.4, -0.2) is 19.4 Å². The van der Waals surface area contributed by atoms with Gasteiger partial charge in [0.2, 0.25) is 0 Å². The van der Waals surface area contributed by atoms with Gasteiger partial charge in [0, 0.05) is 5.92 Å². The second-order valence-corrected chi connectivity index (χ2v) is 3.33. The highest BCUT2D eigenvalue weighted by atomic mass is 16.1. The molecule has 0 radical (unpaired) electrons. The van der Waals surface area contributed by atoms with Gasteiger partial charge in [0.1, 0.15) is 5.78 Å². The van der Waals surface area contributed by atoms with E-state index in [9.17, 15) is 4.79 Å². The number of nitrogens with one attached hydrogen (secondary N) is 1. The van der Waals surface area contributed by atoms with Crippen molar-refractivity contribution in [2.75, 3.05) is 13.6 Å². The summed E-state index contributed by atoms with van der Waals surface area (Å²) in [6.07, 6.45) is 7.07. The Hall–Kier alpha value is -1.15. The van der Waals surface area contributed by atoms with Crippen LogP contribution in [0.5, 0.6) is 0 Å². The van der Waals surface area contributed by atoms with E-state index >= 15 is 0 Å². The first-order valence-corrected chi connectivity index (χ1v) is 5.52. The normalized spacial score (nSPS) is 8.62. The number of hydrogen-bond donors (Lipinski definition) is 1. The van der Waals surface area contributed by atoms with E-state index in [1.165, 1.54) is 0 Å². The van der Waals surface area contributed by atoms with Gasteiger partial charge in [-0.1, -0.05) is 58.2 Å². The molecule has 0 aromatic carbocycles. The van der Waals surface area contributed by atoms with Crippen LogP contribution in [0.2, 0.25) is 0 Å². The highest BCUT2D eigenvalue weighted by molar-refractivity contribution is 5.77. The van der Waals surface area contributed by atoms with Crippen LogP contribution in [-0.2, 0) is 4.79 Å². The Kier molecular flexibility index (Phi) is 24.6. The molecule has 0 heterocycles. The van der Waals surface area contributed by atoms with Crippen LogP contribution in [0.3, 0.4) is 0 Å². The second kappa shape index (κ2) is 19.4. The summed E-state index contributed by atoms with van der Waals surface area (Å²) in [5.74, 6) is 0.472. The summed E-state index contributed by atoms with van der Waals surface area (Å²) in [5.41, 5.74) is 0. The molecule has 0 rings (SSSR count). The summed E-state index contributed by atoms with van der Waals surface area (Å²) >= 11 is 0. The largest absolute Gasteiger partial charge is 0.320 e. The van der Waals surface area contributed by atoms with E-state index in [4.69, 9.17) is 0 Å². The van der Waals surface area contributed by atoms with Gasteiger partial charge in [0.05, 0.1) is 0 Å². The predicted molar refractivity (Wildman–Crippen MR) is 74.7 cm³/mol. The smallest absolute Gasteiger partial charge is 0.132 e. The van der Waals surface area contributed by atoms with Gasteiger partial charge in [-0.05, 0) is 20.5 Å². The van der Waals surface area contributed by atoms with Gasteiger partial charge in [-0.3, -0.25) is 4.79 Å². The topological polar surface area (TPSA) is 29.1 Å². The average Bonchev–Trinajstić information content (AvgIpc) is 2.27. The number of rotatable bonds is 4. The van der Waals surface area contributed by atoms with E-state index in [-0.39, 0.29) is 11.7 Å². The molecule has 0 fully saturated rings. The third kappa shape index (κ3) is 38.5. The van der Waals surface area contributed by atoms with Crippen LogP contribution in [0.25, 0.3) is 0 Å². The number of hydrogen-bond acceptors (Lipinski definition) is 2. The maximum Gasteiger partial charge on any atom is 0.132 e. The molecule has 2 nitrogen and oxygen atoms in total. The lowest BCUT2D eigenvalue weighted by Crippen LogP contribution is -2.01. The van der Waals surface area contributed by atoms with Crippen molar-refractivity contribution in [1.82, 2.24) is 5.32 Å². The zero-order valence-corrected chi connectivity index (χ0v) is 11.4. The van der Waals surface area contributed by atoms with Gasteiger partial charge in [-0.15, -0.1) is 0 Å². The third-order valence-electron chi connectivity index (χ3n) is 1.55. The first-order valence-electron chi connectivity index (χ1n) is 5.52. The highest BCUT2D eigenvalue weighted by Gasteiger charge is 1.95. The molecule has 0 aromatic rings.